The van der Waals surface area contributed by atoms with Gasteiger partial charge in [0.2, 0.25) is 5.91 Å². The monoisotopic (exact) mass is 226 g/mol. The lowest BCUT2D eigenvalue weighted by molar-refractivity contribution is -0.139. The molecule has 2 aliphatic rings. The molecule has 2 rings (SSSR count). The lowest BCUT2D eigenvalue weighted by Crippen LogP contribution is -2.48. The van der Waals surface area contributed by atoms with E-state index < -0.39 is 0 Å². The van der Waals surface area contributed by atoms with E-state index >= 15 is 0 Å². The average molecular weight is 226 g/mol. The van der Waals surface area contributed by atoms with E-state index in [-0.39, 0.29) is 6.10 Å². The van der Waals surface area contributed by atoms with Gasteiger partial charge in [0, 0.05) is 32.6 Å². The Kier molecular flexibility index (Phi) is 3.82. The smallest absolute Gasteiger partial charge is 0.225 e. The third kappa shape index (κ3) is 2.74. The minimum Gasteiger partial charge on any atom is -0.374 e. The van der Waals surface area contributed by atoms with Crippen LogP contribution in [-0.4, -0.2) is 62.1 Å². The Hall–Kier alpha value is -0.610. The van der Waals surface area contributed by atoms with Crippen LogP contribution in [0.2, 0.25) is 0 Å². The summed E-state index contributed by atoms with van der Waals surface area (Å²) in [4.78, 5) is 16.1. The molecule has 1 saturated carbocycles. The van der Waals surface area contributed by atoms with Crippen LogP contribution in [0, 0.1) is 5.92 Å². The first kappa shape index (κ1) is 11.9. The molecular formula is C12H22N2O2. The van der Waals surface area contributed by atoms with E-state index in [9.17, 15) is 4.79 Å². The van der Waals surface area contributed by atoms with Crippen LogP contribution >= 0.6 is 0 Å². The molecule has 0 spiro atoms. The van der Waals surface area contributed by atoms with Crippen molar-refractivity contribution in [2.75, 3.05) is 40.3 Å². The number of nitrogens with zero attached hydrogens (tertiary/aromatic N) is 2. The molecule has 1 heterocycles. The number of carbonyl (C=O) groups excluding carboxylic acids is 1. The van der Waals surface area contributed by atoms with Gasteiger partial charge >= 0.3 is 0 Å². The highest BCUT2D eigenvalue weighted by Crippen LogP contribution is 2.28. The molecular weight excluding hydrogens is 204 g/mol. The number of carbonyl (C=O) groups is 1. The maximum atomic E-state index is 11.9. The Labute approximate surface area is 97.5 Å². The number of ether oxygens (including phenoxy) is 1. The lowest BCUT2D eigenvalue weighted by atomic mass is 9.84. The van der Waals surface area contributed by atoms with Crippen LogP contribution in [0.15, 0.2) is 0 Å². The normalized spacial score (nSPS) is 27.5. The highest BCUT2D eigenvalue weighted by Gasteiger charge is 2.29. The molecule has 0 aromatic carbocycles. The summed E-state index contributed by atoms with van der Waals surface area (Å²) < 4.78 is 5.67. The summed E-state index contributed by atoms with van der Waals surface area (Å²) in [5.74, 6) is 0.606. The van der Waals surface area contributed by atoms with Gasteiger partial charge in [-0.05, 0) is 19.9 Å². The largest absolute Gasteiger partial charge is 0.374 e. The van der Waals surface area contributed by atoms with Gasteiger partial charge in [0.15, 0.2) is 0 Å². The van der Waals surface area contributed by atoms with E-state index in [1.165, 1.54) is 6.42 Å². The second kappa shape index (κ2) is 5.15. The average Bonchev–Trinajstić information content (AvgIpc) is 2.14. The Morgan fingerprint density at radius 3 is 2.81 bits per heavy atom. The van der Waals surface area contributed by atoms with Gasteiger partial charge in [-0.1, -0.05) is 6.42 Å². The first-order valence-corrected chi connectivity index (χ1v) is 6.22. The fraction of sp³-hybridized carbons (Fsp3) is 0.917. The molecule has 0 radical (unpaired) electrons. The zero-order valence-corrected chi connectivity index (χ0v) is 10.3. The van der Waals surface area contributed by atoms with Crippen LogP contribution in [0.1, 0.15) is 19.3 Å². The molecule has 1 aliphatic carbocycles. The van der Waals surface area contributed by atoms with Crippen LogP contribution in [0.4, 0.5) is 0 Å². The standard InChI is InChI=1S/C12H22N2O2/c1-13-6-7-16-11(8-13)9-14(2)12(15)10-4-3-5-10/h10-11H,3-9H2,1-2H3. The van der Waals surface area contributed by atoms with Gasteiger partial charge in [-0.2, -0.15) is 0 Å². The van der Waals surface area contributed by atoms with Crippen molar-refractivity contribution in [2.24, 2.45) is 5.92 Å². The van der Waals surface area contributed by atoms with Gasteiger partial charge in [-0.15, -0.1) is 0 Å². The number of likely N-dealkylation sites (N-methyl/N-ethyl adjacent to an activating group) is 2. The van der Waals surface area contributed by atoms with E-state index in [1.807, 2.05) is 11.9 Å². The molecule has 1 saturated heterocycles. The van der Waals surface area contributed by atoms with Crippen molar-refractivity contribution in [2.45, 2.75) is 25.4 Å². The summed E-state index contributed by atoms with van der Waals surface area (Å²) in [6.45, 7) is 3.45. The van der Waals surface area contributed by atoms with E-state index in [1.54, 1.807) is 0 Å². The number of morpholine rings is 1. The molecule has 0 aromatic rings. The predicted octanol–water partition coefficient (Wildman–Crippen LogP) is 0.575. The Bertz CT molecular complexity index is 253. The van der Waals surface area contributed by atoms with Crippen LogP contribution in [0.3, 0.4) is 0 Å². The van der Waals surface area contributed by atoms with Gasteiger partial charge in [-0.3, -0.25) is 4.79 Å². The molecule has 16 heavy (non-hydrogen) atoms. The minimum atomic E-state index is 0.188. The molecule has 4 nitrogen and oxygen atoms in total. The Morgan fingerprint density at radius 2 is 2.25 bits per heavy atom. The lowest BCUT2D eigenvalue weighted by Gasteiger charge is -2.35. The second-order valence-electron chi connectivity index (χ2n) is 5.10. The van der Waals surface area contributed by atoms with E-state index in [4.69, 9.17) is 4.74 Å². The number of hydrogen-bond acceptors (Lipinski definition) is 3. The van der Waals surface area contributed by atoms with Gasteiger partial charge in [-0.25, -0.2) is 0 Å². The van der Waals surface area contributed by atoms with Crippen molar-refractivity contribution in [3.8, 4) is 0 Å². The van der Waals surface area contributed by atoms with Crippen LogP contribution in [0.25, 0.3) is 0 Å². The summed E-state index contributed by atoms with van der Waals surface area (Å²) in [6, 6.07) is 0. The summed E-state index contributed by atoms with van der Waals surface area (Å²) >= 11 is 0. The van der Waals surface area contributed by atoms with Gasteiger partial charge < -0.3 is 14.5 Å². The number of rotatable bonds is 3. The maximum Gasteiger partial charge on any atom is 0.225 e. The molecule has 1 atom stereocenters. The SMILES string of the molecule is CN1CCOC(CN(C)C(=O)C2CCC2)C1. The fourth-order valence-electron chi connectivity index (χ4n) is 2.34. The second-order valence-corrected chi connectivity index (χ2v) is 5.10. The highest BCUT2D eigenvalue weighted by atomic mass is 16.5. The van der Waals surface area contributed by atoms with Crippen LogP contribution in [-0.2, 0) is 9.53 Å². The summed E-state index contributed by atoms with van der Waals surface area (Å²) in [5.41, 5.74) is 0. The van der Waals surface area contributed by atoms with E-state index in [0.717, 1.165) is 39.1 Å². The summed E-state index contributed by atoms with van der Waals surface area (Å²) in [5, 5.41) is 0. The molecule has 0 N–H and O–H groups in total. The van der Waals surface area contributed by atoms with Crippen LogP contribution < -0.4 is 0 Å². The van der Waals surface area contributed by atoms with Crippen molar-refractivity contribution in [1.29, 1.82) is 0 Å². The maximum absolute atomic E-state index is 11.9. The number of amides is 1. The third-order valence-corrected chi connectivity index (χ3v) is 3.65. The number of hydrogen-bond donors (Lipinski definition) is 0. The van der Waals surface area contributed by atoms with E-state index in [0.29, 0.717) is 11.8 Å². The third-order valence-electron chi connectivity index (χ3n) is 3.65. The van der Waals surface area contributed by atoms with Crippen molar-refractivity contribution in [1.82, 2.24) is 9.80 Å². The van der Waals surface area contributed by atoms with Crippen molar-refractivity contribution in [3.05, 3.63) is 0 Å². The molecule has 1 unspecified atom stereocenters. The summed E-state index contributed by atoms with van der Waals surface area (Å²) in [6.07, 6.45) is 3.56. The first-order chi connectivity index (χ1) is 7.66. The quantitative estimate of drug-likeness (QED) is 0.705. The molecule has 92 valence electrons. The minimum absolute atomic E-state index is 0.188. The predicted molar refractivity (Wildman–Crippen MR) is 62.2 cm³/mol. The topological polar surface area (TPSA) is 32.8 Å². The zero-order valence-electron chi connectivity index (χ0n) is 10.3. The molecule has 0 aromatic heterocycles. The fourth-order valence-corrected chi connectivity index (χ4v) is 2.34. The molecule has 2 fully saturated rings. The molecule has 4 heteroatoms. The molecule has 0 bridgehead atoms. The van der Waals surface area contributed by atoms with Crippen molar-refractivity contribution in [3.63, 3.8) is 0 Å². The van der Waals surface area contributed by atoms with E-state index in [2.05, 4.69) is 11.9 Å². The zero-order chi connectivity index (χ0) is 11.5. The molecule has 1 amide bonds. The van der Waals surface area contributed by atoms with Crippen LogP contribution in [0.5, 0.6) is 0 Å². The molecule has 1 aliphatic heterocycles. The highest BCUT2D eigenvalue weighted by molar-refractivity contribution is 5.79. The van der Waals surface area contributed by atoms with Crippen molar-refractivity contribution < 1.29 is 9.53 Å². The van der Waals surface area contributed by atoms with Gasteiger partial charge in [0.25, 0.3) is 0 Å². The Morgan fingerprint density at radius 1 is 1.50 bits per heavy atom. The Balaban J connectivity index is 1.76. The summed E-state index contributed by atoms with van der Waals surface area (Å²) in [7, 11) is 4.00. The van der Waals surface area contributed by atoms with Gasteiger partial charge in [0.05, 0.1) is 12.7 Å². The van der Waals surface area contributed by atoms with Gasteiger partial charge in [0.1, 0.15) is 0 Å². The first-order valence-electron chi connectivity index (χ1n) is 6.22. The van der Waals surface area contributed by atoms with Crippen molar-refractivity contribution >= 4 is 5.91 Å².